The third-order valence-corrected chi connectivity index (χ3v) is 6.23. The Morgan fingerprint density at radius 2 is 1.62 bits per heavy atom. The molecule has 0 spiro atoms. The average Bonchev–Trinajstić information content (AvgIpc) is 2.89. The summed E-state index contributed by atoms with van der Waals surface area (Å²) in [5, 5.41) is 11.4. The number of aromatic nitrogens is 2. The van der Waals surface area contributed by atoms with Crippen LogP contribution in [-0.4, -0.2) is 33.1 Å². The number of fused-ring (bicyclic) bond motifs is 1. The SMILES string of the molecule is O=C(O)CCCCc1nc2cc(C(=O)NC(c3ccc(F)cc3)C(F)(F)F)ccc2nc1-c1ccc(Cl)cc1. The van der Waals surface area contributed by atoms with Crippen molar-refractivity contribution in [3.05, 3.63) is 94.4 Å². The molecule has 1 aromatic heterocycles. The number of halogens is 5. The Morgan fingerprint density at radius 3 is 2.26 bits per heavy atom. The Hall–Kier alpha value is -4.05. The van der Waals surface area contributed by atoms with E-state index in [1.807, 2.05) is 5.32 Å². The fraction of sp³-hybridized carbons (Fsp3) is 0.214. The van der Waals surface area contributed by atoms with Crippen LogP contribution in [-0.2, 0) is 11.2 Å². The van der Waals surface area contributed by atoms with E-state index in [-0.39, 0.29) is 17.5 Å². The van der Waals surface area contributed by atoms with Crippen LogP contribution in [0.1, 0.15) is 46.9 Å². The molecule has 4 aromatic rings. The number of carbonyl (C=O) groups is 2. The zero-order valence-electron chi connectivity index (χ0n) is 20.3. The standard InChI is InChI=1S/C28H22ClF4N3O3/c29-19-10-5-16(6-11-19)25-22(3-1-2-4-24(37)38)34-23-15-18(9-14-21(23)35-25)27(39)36-26(28(31,32)33)17-7-12-20(30)13-8-17/h5-15,26H,1-4H2,(H,36,39)(H,37,38). The van der Waals surface area contributed by atoms with Gasteiger partial charge < -0.3 is 10.4 Å². The van der Waals surface area contributed by atoms with Gasteiger partial charge in [-0.2, -0.15) is 13.2 Å². The summed E-state index contributed by atoms with van der Waals surface area (Å²) in [6, 6.07) is 12.5. The number of amides is 1. The van der Waals surface area contributed by atoms with Gasteiger partial charge in [0.2, 0.25) is 0 Å². The fourth-order valence-electron chi connectivity index (χ4n) is 4.04. The number of benzene rings is 3. The van der Waals surface area contributed by atoms with Crippen molar-refractivity contribution < 1.29 is 32.3 Å². The minimum absolute atomic E-state index is 0.00393. The molecule has 6 nitrogen and oxygen atoms in total. The Bertz CT molecular complexity index is 1490. The van der Waals surface area contributed by atoms with Crippen LogP contribution >= 0.6 is 11.6 Å². The molecule has 0 aliphatic rings. The molecule has 1 amide bonds. The van der Waals surface area contributed by atoms with E-state index in [1.165, 1.54) is 18.2 Å². The lowest BCUT2D eigenvalue weighted by molar-refractivity contribution is -0.155. The lowest BCUT2D eigenvalue weighted by Gasteiger charge is -2.22. The number of carboxylic acid groups (broad SMARTS) is 1. The van der Waals surface area contributed by atoms with Crippen molar-refractivity contribution in [2.45, 2.75) is 37.9 Å². The topological polar surface area (TPSA) is 92.2 Å². The van der Waals surface area contributed by atoms with Gasteiger partial charge in [-0.1, -0.05) is 35.9 Å². The van der Waals surface area contributed by atoms with Gasteiger partial charge in [-0.05, 0) is 67.3 Å². The number of hydrogen-bond acceptors (Lipinski definition) is 4. The van der Waals surface area contributed by atoms with Gasteiger partial charge in [0.1, 0.15) is 5.82 Å². The van der Waals surface area contributed by atoms with E-state index in [1.54, 1.807) is 24.3 Å². The van der Waals surface area contributed by atoms with Crippen molar-refractivity contribution in [2.24, 2.45) is 0 Å². The second-order valence-corrected chi connectivity index (χ2v) is 9.27. The largest absolute Gasteiger partial charge is 0.481 e. The van der Waals surface area contributed by atoms with Gasteiger partial charge in [0.15, 0.2) is 6.04 Å². The fourth-order valence-corrected chi connectivity index (χ4v) is 4.16. The van der Waals surface area contributed by atoms with Crippen molar-refractivity contribution in [2.75, 3.05) is 0 Å². The molecule has 11 heteroatoms. The minimum atomic E-state index is -4.82. The molecule has 0 saturated heterocycles. The van der Waals surface area contributed by atoms with E-state index in [2.05, 4.69) is 9.97 Å². The number of aryl methyl sites for hydroxylation is 1. The highest BCUT2D eigenvalue weighted by Crippen LogP contribution is 2.33. The van der Waals surface area contributed by atoms with Gasteiger partial charge in [0.25, 0.3) is 5.91 Å². The third-order valence-electron chi connectivity index (χ3n) is 5.98. The molecule has 0 bridgehead atoms. The van der Waals surface area contributed by atoms with Gasteiger partial charge in [-0.25, -0.2) is 14.4 Å². The van der Waals surface area contributed by atoms with Gasteiger partial charge >= 0.3 is 12.1 Å². The second-order valence-electron chi connectivity index (χ2n) is 8.83. The molecule has 0 aliphatic carbocycles. The molecule has 2 N–H and O–H groups in total. The molecule has 0 saturated carbocycles. The first-order valence-electron chi connectivity index (χ1n) is 11.9. The highest BCUT2D eigenvalue weighted by molar-refractivity contribution is 6.30. The second kappa shape index (κ2) is 11.8. The predicted octanol–water partition coefficient (Wildman–Crippen LogP) is 6.92. The van der Waals surface area contributed by atoms with Crippen molar-refractivity contribution in [3.63, 3.8) is 0 Å². The highest BCUT2D eigenvalue weighted by atomic mass is 35.5. The van der Waals surface area contributed by atoms with E-state index >= 15 is 0 Å². The monoisotopic (exact) mass is 559 g/mol. The van der Waals surface area contributed by atoms with Crippen LogP contribution in [0.2, 0.25) is 5.02 Å². The summed E-state index contributed by atoms with van der Waals surface area (Å²) < 4.78 is 54.5. The Morgan fingerprint density at radius 1 is 0.923 bits per heavy atom. The molecule has 3 aromatic carbocycles. The molecule has 202 valence electrons. The Labute approximate surface area is 225 Å². The Balaban J connectivity index is 1.66. The Kier molecular flexibility index (Phi) is 8.44. The summed E-state index contributed by atoms with van der Waals surface area (Å²) in [6.45, 7) is 0. The number of nitrogens with zero attached hydrogens (tertiary/aromatic N) is 2. The minimum Gasteiger partial charge on any atom is -0.481 e. The summed E-state index contributed by atoms with van der Waals surface area (Å²) in [7, 11) is 0. The van der Waals surface area contributed by atoms with Gasteiger partial charge in [0.05, 0.1) is 22.4 Å². The van der Waals surface area contributed by atoms with Gasteiger partial charge in [-0.15, -0.1) is 0 Å². The number of aliphatic carboxylic acids is 1. The zero-order valence-corrected chi connectivity index (χ0v) is 21.1. The van der Waals surface area contributed by atoms with Crippen LogP contribution in [0, 0.1) is 5.82 Å². The molecular weight excluding hydrogens is 538 g/mol. The van der Waals surface area contributed by atoms with Gasteiger partial charge in [0, 0.05) is 22.6 Å². The summed E-state index contributed by atoms with van der Waals surface area (Å²) in [5.74, 6) is -2.60. The third kappa shape index (κ3) is 7.08. The van der Waals surface area contributed by atoms with Crippen LogP contribution in [0.3, 0.4) is 0 Å². The lowest BCUT2D eigenvalue weighted by Crippen LogP contribution is -2.38. The number of alkyl halides is 3. The molecule has 0 aliphatic heterocycles. The number of unbranched alkanes of at least 4 members (excludes halogenated alkanes) is 1. The number of carboxylic acids is 1. The van der Waals surface area contributed by atoms with E-state index < -0.39 is 29.9 Å². The van der Waals surface area contributed by atoms with Crippen molar-refractivity contribution in [1.29, 1.82) is 0 Å². The lowest BCUT2D eigenvalue weighted by atomic mass is 10.0. The van der Waals surface area contributed by atoms with Crippen molar-refractivity contribution in [3.8, 4) is 11.3 Å². The van der Waals surface area contributed by atoms with E-state index in [4.69, 9.17) is 16.7 Å². The first kappa shape index (κ1) is 28.0. The van der Waals surface area contributed by atoms with Crippen LogP contribution in [0.4, 0.5) is 17.6 Å². The quantitative estimate of drug-likeness (QED) is 0.171. The van der Waals surface area contributed by atoms with Crippen LogP contribution < -0.4 is 5.32 Å². The number of carbonyl (C=O) groups excluding carboxylic acids is 1. The first-order valence-corrected chi connectivity index (χ1v) is 12.3. The van der Waals surface area contributed by atoms with Crippen molar-refractivity contribution in [1.82, 2.24) is 15.3 Å². The highest BCUT2D eigenvalue weighted by Gasteiger charge is 2.42. The van der Waals surface area contributed by atoms with Crippen molar-refractivity contribution >= 4 is 34.5 Å². The smallest absolute Gasteiger partial charge is 0.412 e. The summed E-state index contributed by atoms with van der Waals surface area (Å²) in [5.41, 5.74) is 2.16. The molecule has 0 fully saturated rings. The predicted molar refractivity (Wildman–Crippen MR) is 138 cm³/mol. The molecule has 4 rings (SSSR count). The average molecular weight is 560 g/mol. The number of rotatable bonds is 9. The molecular formula is C28H22ClF4N3O3. The maximum atomic E-state index is 13.7. The van der Waals surface area contributed by atoms with E-state index in [0.29, 0.717) is 46.7 Å². The maximum absolute atomic E-state index is 13.7. The molecule has 1 atom stereocenters. The normalized spacial score (nSPS) is 12.3. The molecule has 1 unspecified atom stereocenters. The maximum Gasteiger partial charge on any atom is 0.412 e. The molecule has 39 heavy (non-hydrogen) atoms. The number of hydrogen-bond donors (Lipinski definition) is 2. The molecule has 1 heterocycles. The van der Waals surface area contributed by atoms with E-state index in [9.17, 15) is 27.2 Å². The summed E-state index contributed by atoms with van der Waals surface area (Å²) in [4.78, 5) is 33.1. The zero-order chi connectivity index (χ0) is 28.2. The summed E-state index contributed by atoms with van der Waals surface area (Å²) >= 11 is 6.01. The molecule has 0 radical (unpaired) electrons. The summed E-state index contributed by atoms with van der Waals surface area (Å²) in [6.07, 6.45) is -3.50. The van der Waals surface area contributed by atoms with Crippen LogP contribution in [0.5, 0.6) is 0 Å². The number of nitrogens with one attached hydrogen (secondary N) is 1. The first-order chi connectivity index (χ1) is 18.5. The van der Waals surface area contributed by atoms with E-state index in [0.717, 1.165) is 29.8 Å². The van der Waals surface area contributed by atoms with Crippen LogP contribution in [0.15, 0.2) is 66.7 Å². The van der Waals surface area contributed by atoms with Crippen LogP contribution in [0.25, 0.3) is 22.3 Å². The van der Waals surface area contributed by atoms with Gasteiger partial charge in [-0.3, -0.25) is 9.59 Å².